The van der Waals surface area contributed by atoms with Crippen LogP contribution in [0.25, 0.3) is 0 Å². The van der Waals surface area contributed by atoms with Gasteiger partial charge in [-0.2, -0.15) is 0 Å². The quantitative estimate of drug-likeness (QED) is 0.895. The molecular formula is C15H25Cl2N3OS. The first-order valence-electron chi connectivity index (χ1n) is 7.70. The Morgan fingerprint density at radius 3 is 2.73 bits per heavy atom. The van der Waals surface area contributed by atoms with Crippen molar-refractivity contribution in [2.75, 3.05) is 13.6 Å². The van der Waals surface area contributed by atoms with Crippen LogP contribution in [-0.2, 0) is 24.2 Å². The number of carbonyl (C=O) groups excluding carboxylic acids is 1. The Hall–Kier alpha value is -0.360. The normalized spacial score (nSPS) is 20.3. The van der Waals surface area contributed by atoms with Crippen molar-refractivity contribution in [2.24, 2.45) is 0 Å². The van der Waals surface area contributed by atoms with Crippen LogP contribution in [0.1, 0.15) is 47.7 Å². The molecule has 1 aromatic heterocycles. The molecule has 1 aliphatic carbocycles. The Labute approximate surface area is 148 Å². The van der Waals surface area contributed by atoms with E-state index in [1.54, 1.807) is 11.3 Å². The van der Waals surface area contributed by atoms with Gasteiger partial charge in [0, 0.05) is 11.9 Å². The molecule has 0 bridgehead atoms. The number of piperidine rings is 1. The first-order chi connectivity index (χ1) is 9.74. The van der Waals surface area contributed by atoms with Gasteiger partial charge in [0.25, 0.3) is 0 Å². The molecule has 1 amide bonds. The SMILES string of the molecule is CN(Cc1nc2c(s1)CCCC2)C(=O)[C@H]1CCCCN1.Cl.Cl. The summed E-state index contributed by atoms with van der Waals surface area (Å²) >= 11 is 1.80. The molecular weight excluding hydrogens is 341 g/mol. The molecule has 7 heteroatoms. The van der Waals surface area contributed by atoms with E-state index in [1.165, 1.54) is 36.3 Å². The second-order valence-electron chi connectivity index (χ2n) is 5.88. The van der Waals surface area contributed by atoms with Crippen LogP contribution < -0.4 is 5.32 Å². The van der Waals surface area contributed by atoms with E-state index in [1.807, 2.05) is 11.9 Å². The van der Waals surface area contributed by atoms with Crippen LogP contribution in [0.3, 0.4) is 0 Å². The number of aromatic nitrogens is 1. The molecule has 1 aromatic rings. The minimum atomic E-state index is 0. The molecule has 0 radical (unpaired) electrons. The number of thiazole rings is 1. The lowest BCUT2D eigenvalue weighted by Crippen LogP contribution is -2.46. The maximum absolute atomic E-state index is 12.4. The topological polar surface area (TPSA) is 45.2 Å². The van der Waals surface area contributed by atoms with Crippen molar-refractivity contribution in [1.29, 1.82) is 0 Å². The van der Waals surface area contributed by atoms with E-state index in [4.69, 9.17) is 4.98 Å². The van der Waals surface area contributed by atoms with Gasteiger partial charge >= 0.3 is 0 Å². The molecule has 2 aliphatic rings. The molecule has 1 fully saturated rings. The molecule has 1 saturated heterocycles. The monoisotopic (exact) mass is 365 g/mol. The van der Waals surface area contributed by atoms with Crippen LogP contribution in [0.5, 0.6) is 0 Å². The summed E-state index contributed by atoms with van der Waals surface area (Å²) in [6, 6.07) is 0.0170. The number of hydrogen-bond acceptors (Lipinski definition) is 4. The van der Waals surface area contributed by atoms with Gasteiger partial charge in [0.1, 0.15) is 5.01 Å². The van der Waals surface area contributed by atoms with Crippen molar-refractivity contribution in [1.82, 2.24) is 15.2 Å². The van der Waals surface area contributed by atoms with Gasteiger partial charge in [-0.05, 0) is 45.1 Å². The van der Waals surface area contributed by atoms with Crippen LogP contribution in [0.4, 0.5) is 0 Å². The fourth-order valence-electron chi connectivity index (χ4n) is 3.08. The van der Waals surface area contributed by atoms with E-state index in [0.717, 1.165) is 30.8 Å². The van der Waals surface area contributed by atoms with Crippen molar-refractivity contribution in [2.45, 2.75) is 57.5 Å². The van der Waals surface area contributed by atoms with Gasteiger partial charge in [0.2, 0.25) is 5.91 Å². The van der Waals surface area contributed by atoms with Crippen LogP contribution >= 0.6 is 36.2 Å². The lowest BCUT2D eigenvalue weighted by atomic mass is 10.0. The Morgan fingerprint density at radius 2 is 2.05 bits per heavy atom. The van der Waals surface area contributed by atoms with Crippen molar-refractivity contribution in [3.63, 3.8) is 0 Å². The van der Waals surface area contributed by atoms with Crippen LogP contribution in [0, 0.1) is 0 Å². The predicted molar refractivity (Wildman–Crippen MR) is 95.4 cm³/mol. The molecule has 3 rings (SSSR count). The zero-order chi connectivity index (χ0) is 13.9. The fraction of sp³-hybridized carbons (Fsp3) is 0.733. The lowest BCUT2D eigenvalue weighted by molar-refractivity contribution is -0.133. The number of amides is 1. The molecule has 0 unspecified atom stereocenters. The van der Waals surface area contributed by atoms with Gasteiger partial charge in [0.05, 0.1) is 18.3 Å². The van der Waals surface area contributed by atoms with E-state index in [-0.39, 0.29) is 36.8 Å². The highest BCUT2D eigenvalue weighted by Crippen LogP contribution is 2.27. The molecule has 4 nitrogen and oxygen atoms in total. The highest BCUT2D eigenvalue weighted by atomic mass is 35.5. The second-order valence-corrected chi connectivity index (χ2v) is 7.05. The number of nitrogens with zero attached hydrogens (tertiary/aromatic N) is 2. The average molecular weight is 366 g/mol. The van der Waals surface area contributed by atoms with Gasteiger partial charge in [-0.15, -0.1) is 36.2 Å². The molecule has 126 valence electrons. The number of hydrogen-bond donors (Lipinski definition) is 1. The van der Waals surface area contributed by atoms with Crippen molar-refractivity contribution < 1.29 is 4.79 Å². The number of aryl methyl sites for hydroxylation is 2. The maximum Gasteiger partial charge on any atom is 0.239 e. The summed E-state index contributed by atoms with van der Waals surface area (Å²) in [5.74, 6) is 0.220. The molecule has 0 spiro atoms. The van der Waals surface area contributed by atoms with E-state index < -0.39 is 0 Å². The first-order valence-corrected chi connectivity index (χ1v) is 8.51. The van der Waals surface area contributed by atoms with Crippen molar-refractivity contribution in [3.8, 4) is 0 Å². The van der Waals surface area contributed by atoms with Crippen molar-refractivity contribution in [3.05, 3.63) is 15.6 Å². The third-order valence-electron chi connectivity index (χ3n) is 4.25. The minimum Gasteiger partial charge on any atom is -0.338 e. The standard InChI is InChI=1S/C15H23N3OS.2ClH/c1-18(15(19)12-7-4-5-9-16-12)10-14-17-11-6-2-3-8-13(11)20-14;;/h12,16H,2-10H2,1H3;2*1H/t12-;;/m1../s1. The number of rotatable bonds is 3. The summed E-state index contributed by atoms with van der Waals surface area (Å²) in [7, 11) is 1.90. The van der Waals surface area contributed by atoms with E-state index >= 15 is 0 Å². The Balaban J connectivity index is 0.00000121. The molecule has 1 N–H and O–H groups in total. The molecule has 0 aromatic carbocycles. The smallest absolute Gasteiger partial charge is 0.239 e. The predicted octanol–water partition coefficient (Wildman–Crippen LogP) is 2.97. The zero-order valence-electron chi connectivity index (χ0n) is 13.0. The molecule has 2 heterocycles. The van der Waals surface area contributed by atoms with Gasteiger partial charge in [0.15, 0.2) is 0 Å². The number of likely N-dealkylation sites (N-methyl/N-ethyl adjacent to an activating group) is 1. The summed E-state index contributed by atoms with van der Waals surface area (Å²) in [5, 5.41) is 4.43. The van der Waals surface area contributed by atoms with E-state index in [0.29, 0.717) is 6.54 Å². The number of fused-ring (bicyclic) bond motifs is 1. The van der Waals surface area contributed by atoms with Gasteiger partial charge in [-0.1, -0.05) is 6.42 Å². The molecule has 1 aliphatic heterocycles. The van der Waals surface area contributed by atoms with Gasteiger partial charge in [-0.25, -0.2) is 4.98 Å². The third-order valence-corrected chi connectivity index (χ3v) is 5.39. The molecule has 1 atom stereocenters. The molecule has 22 heavy (non-hydrogen) atoms. The summed E-state index contributed by atoms with van der Waals surface area (Å²) < 4.78 is 0. The Morgan fingerprint density at radius 1 is 1.27 bits per heavy atom. The number of carbonyl (C=O) groups is 1. The lowest BCUT2D eigenvalue weighted by Gasteiger charge is -2.27. The number of nitrogens with one attached hydrogen (secondary N) is 1. The highest BCUT2D eigenvalue weighted by molar-refractivity contribution is 7.11. The molecule has 0 saturated carbocycles. The Kier molecular flexibility index (Phi) is 8.11. The van der Waals surface area contributed by atoms with Crippen LogP contribution in [-0.4, -0.2) is 35.4 Å². The first kappa shape index (κ1) is 19.7. The highest BCUT2D eigenvalue weighted by Gasteiger charge is 2.24. The summed E-state index contributed by atoms with van der Waals surface area (Å²) in [4.78, 5) is 20.4. The second kappa shape index (κ2) is 9.06. The van der Waals surface area contributed by atoms with Gasteiger partial charge < -0.3 is 10.2 Å². The van der Waals surface area contributed by atoms with Crippen LogP contribution in [0.15, 0.2) is 0 Å². The van der Waals surface area contributed by atoms with E-state index in [9.17, 15) is 4.79 Å². The van der Waals surface area contributed by atoms with Crippen molar-refractivity contribution >= 4 is 42.1 Å². The Bertz CT molecular complexity index is 466. The largest absolute Gasteiger partial charge is 0.338 e. The average Bonchev–Trinajstić information content (AvgIpc) is 2.89. The fourth-order valence-corrected chi connectivity index (χ4v) is 4.29. The van der Waals surface area contributed by atoms with Gasteiger partial charge in [-0.3, -0.25) is 4.79 Å². The third kappa shape index (κ3) is 4.57. The maximum atomic E-state index is 12.4. The summed E-state index contributed by atoms with van der Waals surface area (Å²) in [5.41, 5.74) is 1.29. The number of halogens is 2. The van der Waals surface area contributed by atoms with Crippen LogP contribution in [0.2, 0.25) is 0 Å². The van der Waals surface area contributed by atoms with E-state index in [2.05, 4.69) is 5.32 Å². The minimum absolute atomic E-state index is 0. The zero-order valence-corrected chi connectivity index (χ0v) is 15.4. The summed E-state index contributed by atoms with van der Waals surface area (Å²) in [6.07, 6.45) is 8.15. The summed E-state index contributed by atoms with van der Waals surface area (Å²) in [6.45, 7) is 1.63.